The van der Waals surface area contributed by atoms with E-state index in [0.29, 0.717) is 50.5 Å². The van der Waals surface area contributed by atoms with E-state index in [-0.39, 0.29) is 84.5 Å². The average Bonchev–Trinajstić information content (AvgIpc) is 3.95. The van der Waals surface area contributed by atoms with Crippen molar-refractivity contribution in [3.05, 3.63) is 51.6 Å². The minimum atomic E-state index is -2.30. The predicted octanol–water partition coefficient (Wildman–Crippen LogP) is 2.02. The first-order valence-electron chi connectivity index (χ1n) is 23.0. The van der Waals surface area contributed by atoms with Gasteiger partial charge in [0.2, 0.25) is 17.6 Å². The molecule has 5 aliphatic heterocycles. The maximum absolute atomic E-state index is 14.4. The summed E-state index contributed by atoms with van der Waals surface area (Å²) in [7, 11) is 1.33. The molecule has 68 heavy (non-hydrogen) atoms. The van der Waals surface area contributed by atoms with Gasteiger partial charge in [0.1, 0.15) is 35.2 Å². The second-order valence-corrected chi connectivity index (χ2v) is 20.0. The second-order valence-electron chi connectivity index (χ2n) is 18.8. The van der Waals surface area contributed by atoms with Gasteiger partial charge in [-0.15, -0.1) is 16.8 Å². The van der Waals surface area contributed by atoms with Crippen LogP contribution in [0.3, 0.4) is 0 Å². The quantitative estimate of drug-likeness (QED) is 0.183. The molecule has 20 nitrogen and oxygen atoms in total. The van der Waals surface area contributed by atoms with E-state index in [1.807, 2.05) is 6.92 Å². The highest BCUT2D eigenvalue weighted by Gasteiger charge is 2.54. The fourth-order valence-corrected chi connectivity index (χ4v) is 12.4. The van der Waals surface area contributed by atoms with E-state index in [0.717, 1.165) is 16.7 Å². The molecule has 0 bridgehead atoms. The molecule has 1 saturated carbocycles. The van der Waals surface area contributed by atoms with Gasteiger partial charge in [0.05, 0.1) is 66.1 Å². The van der Waals surface area contributed by atoms with Crippen molar-refractivity contribution in [1.29, 1.82) is 0 Å². The number of nitrogens with zero attached hydrogens (tertiary/aromatic N) is 3. The molecule has 1 unspecified atom stereocenters. The lowest BCUT2D eigenvalue weighted by Gasteiger charge is -2.43. The summed E-state index contributed by atoms with van der Waals surface area (Å²) in [6.45, 7) is 3.41. The highest BCUT2D eigenvalue weighted by atomic mass is 32.2. The number of aromatic hydroxyl groups is 2. The fourth-order valence-electron chi connectivity index (χ4n) is 11.3. The molecule has 5 heterocycles. The molecule has 6 fully saturated rings. The average molecular weight is 962 g/mol. The van der Waals surface area contributed by atoms with Crippen LogP contribution in [0.2, 0.25) is 0 Å². The molecule has 8 aliphatic rings. The summed E-state index contributed by atoms with van der Waals surface area (Å²) in [6.07, 6.45) is -2.77. The lowest BCUT2D eigenvalue weighted by Crippen LogP contribution is -2.53. The molecule has 2 aromatic carbocycles. The van der Waals surface area contributed by atoms with Crippen LogP contribution in [0.25, 0.3) is 0 Å². The number of Topliss-reactive ketones (excluding diaryl/α,β-unsaturated/α-hetero) is 1. The Labute approximate surface area is 393 Å². The van der Waals surface area contributed by atoms with E-state index < -0.39 is 123 Å². The van der Waals surface area contributed by atoms with Crippen molar-refractivity contribution in [3.8, 4) is 17.2 Å². The van der Waals surface area contributed by atoms with Crippen LogP contribution >= 0.6 is 11.8 Å². The molecule has 21 heteroatoms. The zero-order valence-electron chi connectivity index (χ0n) is 37.3. The Morgan fingerprint density at radius 3 is 2.40 bits per heavy atom. The molecule has 10 rings (SSSR count). The lowest BCUT2D eigenvalue weighted by molar-refractivity contribution is -0.247. The largest absolute Gasteiger partial charge is 0.507 e. The zero-order chi connectivity index (χ0) is 47.9. The monoisotopic (exact) mass is 961 g/mol. The van der Waals surface area contributed by atoms with Crippen LogP contribution in [0.5, 0.6) is 17.2 Å². The topological polar surface area (TPSA) is 262 Å². The van der Waals surface area contributed by atoms with Gasteiger partial charge in [0.25, 0.3) is 11.8 Å². The van der Waals surface area contributed by atoms with Gasteiger partial charge < -0.3 is 43.8 Å². The van der Waals surface area contributed by atoms with Gasteiger partial charge >= 0.3 is 5.97 Å². The van der Waals surface area contributed by atoms with Gasteiger partial charge in [-0.05, 0) is 44.6 Å². The van der Waals surface area contributed by atoms with Crippen molar-refractivity contribution in [2.75, 3.05) is 39.2 Å². The van der Waals surface area contributed by atoms with Crippen LogP contribution in [-0.2, 0) is 59.0 Å². The van der Waals surface area contributed by atoms with Gasteiger partial charge in [-0.2, -0.15) is 0 Å². The summed E-state index contributed by atoms with van der Waals surface area (Å²) in [4.78, 5) is 115. The van der Waals surface area contributed by atoms with Crippen molar-refractivity contribution in [1.82, 2.24) is 14.9 Å². The van der Waals surface area contributed by atoms with Crippen LogP contribution in [0, 0.1) is 11.8 Å². The molecule has 4 amide bonds. The molecule has 0 spiro atoms. The number of rotatable bonds is 11. The van der Waals surface area contributed by atoms with Crippen LogP contribution in [-0.4, -0.2) is 158 Å². The number of methoxy groups -OCH3 is 1. The third-order valence-corrected chi connectivity index (χ3v) is 16.0. The number of hydrogen-bond donors (Lipinski definition) is 3. The third-order valence-electron chi connectivity index (χ3n) is 14.8. The molecule has 3 aliphatic carbocycles. The Hall–Kier alpha value is -5.29. The SMILES string of the molecule is COc1cccc2c1C(=O)c1c(O)c3c(c(O)c1C2=O)C[C@@](O)(C(=O)CSC1CC(=O)N(CC2CCC(C(=O)ON4C(=O)CCC4=O)CC2)C1=O)C[C@@H]3O[C@H]1C[C@H]2[C@H](O[C@@H]3COCCN32)[C@H](C)O1. The number of likely N-dealkylation sites (tertiary alicyclic amines) is 1. The van der Waals surface area contributed by atoms with E-state index in [1.54, 1.807) is 0 Å². The standard InChI is InChI=1S/C47H51N3O17S/c1-21-44-26(48-12-13-63-19-34(48)66-44)14-35(64-21)65-28-17-47(61,16-25-37(28)43(58)39-38(41(25)56)40(55)24-4-3-5-27(62-2)36(24)42(39)57)30(51)20-68-29-15-33(54)49(45(29)59)18-22-6-8-23(9-7-22)46(60)67-50-31(52)10-11-32(50)53/h3-5,21-23,26,28-29,34-35,44,56,58,61H,6-20H2,1-2H3/t21-,22?,23?,26-,28-,29?,34+,35-,44+,47-/m0/s1. The summed E-state index contributed by atoms with van der Waals surface area (Å²) in [5, 5.41) is 36.1. The number of hydrogen-bond acceptors (Lipinski definition) is 19. The van der Waals surface area contributed by atoms with Gasteiger partial charge in [0, 0.05) is 74.3 Å². The molecule has 8 atom stereocenters. The van der Waals surface area contributed by atoms with Crippen LogP contribution in [0.15, 0.2) is 18.2 Å². The van der Waals surface area contributed by atoms with E-state index in [4.69, 9.17) is 28.5 Å². The number of fused-ring (bicyclic) bond motifs is 6. The number of thioether (sulfide) groups is 1. The Morgan fingerprint density at radius 1 is 0.926 bits per heavy atom. The summed E-state index contributed by atoms with van der Waals surface area (Å²) >= 11 is 0.888. The highest BCUT2D eigenvalue weighted by Crippen LogP contribution is 2.53. The highest BCUT2D eigenvalue weighted by molar-refractivity contribution is 8.01. The van der Waals surface area contributed by atoms with Crippen LogP contribution in [0.1, 0.15) is 114 Å². The number of hydroxylamine groups is 2. The molecule has 0 radical (unpaired) electrons. The van der Waals surface area contributed by atoms with E-state index >= 15 is 0 Å². The number of amides is 4. The van der Waals surface area contributed by atoms with Gasteiger partial charge in [-0.25, -0.2) is 4.79 Å². The van der Waals surface area contributed by atoms with E-state index in [1.165, 1.54) is 25.3 Å². The number of benzene rings is 2. The molecule has 3 N–H and O–H groups in total. The number of carbonyl (C=O) groups is 8. The summed E-state index contributed by atoms with van der Waals surface area (Å²) in [6, 6.07) is 4.24. The number of morpholine rings is 1. The van der Waals surface area contributed by atoms with Gasteiger partial charge in [0.15, 0.2) is 17.9 Å². The number of aliphatic hydroxyl groups is 1. The fraction of sp³-hybridized carbons (Fsp3) is 0.574. The third kappa shape index (κ3) is 7.88. The zero-order valence-corrected chi connectivity index (χ0v) is 38.2. The number of imide groups is 2. The molecular formula is C47H51N3O17S. The Bertz CT molecular complexity index is 2510. The van der Waals surface area contributed by atoms with Crippen molar-refractivity contribution in [2.45, 2.75) is 119 Å². The van der Waals surface area contributed by atoms with Crippen molar-refractivity contribution < 1.29 is 82.2 Å². The Balaban J connectivity index is 0.862. The number of phenolic OH excluding ortho intramolecular Hbond substituents is 2. The maximum atomic E-state index is 14.4. The van der Waals surface area contributed by atoms with Crippen molar-refractivity contribution >= 4 is 58.7 Å². The lowest BCUT2D eigenvalue weighted by atomic mass is 9.72. The molecule has 2 aromatic rings. The predicted molar refractivity (Wildman–Crippen MR) is 231 cm³/mol. The number of ether oxygens (including phenoxy) is 5. The number of phenols is 2. The number of ketones is 3. The molecular weight excluding hydrogens is 911 g/mol. The first-order chi connectivity index (χ1) is 32.6. The molecule has 5 saturated heterocycles. The smallest absolute Gasteiger partial charge is 0.336 e. The van der Waals surface area contributed by atoms with Gasteiger partial charge in [-0.1, -0.05) is 12.1 Å². The summed E-state index contributed by atoms with van der Waals surface area (Å²) < 4.78 is 30.2. The maximum Gasteiger partial charge on any atom is 0.336 e. The van der Waals surface area contributed by atoms with Crippen LogP contribution in [0.4, 0.5) is 0 Å². The first kappa shape index (κ1) is 46.4. The van der Waals surface area contributed by atoms with Crippen molar-refractivity contribution in [2.24, 2.45) is 11.8 Å². The number of carbonyl (C=O) groups excluding carboxylic acids is 8. The first-order valence-corrected chi connectivity index (χ1v) is 24.1. The summed E-state index contributed by atoms with van der Waals surface area (Å²) in [5.74, 6) is -7.49. The molecule has 0 aromatic heterocycles. The van der Waals surface area contributed by atoms with Crippen LogP contribution < -0.4 is 4.74 Å². The van der Waals surface area contributed by atoms with Crippen molar-refractivity contribution in [3.63, 3.8) is 0 Å². The normalized spacial score (nSPS) is 32.4. The Kier molecular flexibility index (Phi) is 12.2. The molecule has 362 valence electrons. The minimum Gasteiger partial charge on any atom is -0.507 e. The minimum absolute atomic E-state index is 0.0175. The Morgan fingerprint density at radius 2 is 1.66 bits per heavy atom. The van der Waals surface area contributed by atoms with E-state index in [9.17, 15) is 53.7 Å². The van der Waals surface area contributed by atoms with E-state index in [2.05, 4.69) is 4.90 Å². The second kappa shape index (κ2) is 17.9. The summed E-state index contributed by atoms with van der Waals surface area (Å²) in [5.41, 5.74) is -3.72. The van der Waals surface area contributed by atoms with Gasteiger partial charge in [-0.3, -0.25) is 43.4 Å².